The van der Waals surface area contributed by atoms with Crippen LogP contribution in [-0.2, 0) is 6.54 Å². The molecule has 0 aliphatic carbocycles. The highest BCUT2D eigenvalue weighted by atomic mass is 16.1. The summed E-state index contributed by atoms with van der Waals surface area (Å²) in [7, 11) is 0. The third-order valence-corrected chi connectivity index (χ3v) is 1.42. The lowest BCUT2D eigenvalue weighted by molar-refractivity contribution is 0.777. The van der Waals surface area contributed by atoms with Crippen molar-refractivity contribution in [3.63, 3.8) is 0 Å². The molecule has 0 bridgehead atoms. The first-order chi connectivity index (χ1) is 5.20. The molecule has 0 unspecified atom stereocenters. The Morgan fingerprint density at radius 2 is 2.45 bits per heavy atom. The number of aromatic amines is 1. The van der Waals surface area contributed by atoms with E-state index < -0.39 is 0 Å². The van der Waals surface area contributed by atoms with Crippen LogP contribution in [0.25, 0.3) is 0 Å². The maximum absolute atomic E-state index is 10.9. The fraction of sp³-hybridized carbons (Fsp3) is 0.375. The lowest BCUT2D eigenvalue weighted by atomic mass is 10.3. The van der Waals surface area contributed by atoms with Crippen LogP contribution >= 0.6 is 0 Å². The van der Waals surface area contributed by atoms with Crippen molar-refractivity contribution in [1.82, 2.24) is 9.55 Å². The molecule has 1 heterocycles. The highest BCUT2D eigenvalue weighted by Gasteiger charge is 1.90. The third-order valence-electron chi connectivity index (χ3n) is 1.42. The van der Waals surface area contributed by atoms with Crippen LogP contribution in [0.2, 0.25) is 0 Å². The van der Waals surface area contributed by atoms with Crippen molar-refractivity contribution >= 4 is 0 Å². The van der Waals surface area contributed by atoms with E-state index in [1.165, 1.54) is 5.57 Å². The molecular formula is C8H12N2O. The second-order valence-electron chi connectivity index (χ2n) is 2.70. The van der Waals surface area contributed by atoms with Crippen molar-refractivity contribution < 1.29 is 0 Å². The largest absolute Gasteiger partial charge is 0.325 e. The van der Waals surface area contributed by atoms with E-state index in [0.29, 0.717) is 6.54 Å². The Kier molecular flexibility index (Phi) is 2.31. The van der Waals surface area contributed by atoms with Crippen molar-refractivity contribution in [2.75, 3.05) is 0 Å². The van der Waals surface area contributed by atoms with Gasteiger partial charge in [0.25, 0.3) is 0 Å². The molecule has 0 fully saturated rings. The molecular weight excluding hydrogens is 140 g/mol. The molecule has 1 rings (SSSR count). The number of aromatic nitrogens is 2. The molecule has 60 valence electrons. The van der Waals surface area contributed by atoms with Crippen LogP contribution in [0.4, 0.5) is 0 Å². The highest BCUT2D eigenvalue weighted by Crippen LogP contribution is 1.89. The summed E-state index contributed by atoms with van der Waals surface area (Å²) < 4.78 is 1.62. The van der Waals surface area contributed by atoms with Gasteiger partial charge in [-0.1, -0.05) is 11.6 Å². The minimum absolute atomic E-state index is 0.0532. The molecule has 0 aliphatic rings. The van der Waals surface area contributed by atoms with Crippen molar-refractivity contribution in [3.8, 4) is 0 Å². The summed E-state index contributed by atoms with van der Waals surface area (Å²) in [5, 5.41) is 0. The van der Waals surface area contributed by atoms with Crippen LogP contribution in [0.15, 0.2) is 28.8 Å². The molecule has 1 aromatic heterocycles. The first-order valence-corrected chi connectivity index (χ1v) is 3.57. The van der Waals surface area contributed by atoms with E-state index in [1.807, 2.05) is 19.9 Å². The van der Waals surface area contributed by atoms with E-state index in [9.17, 15) is 4.79 Å². The smallest absolute Gasteiger partial charge is 0.313 e. The van der Waals surface area contributed by atoms with Gasteiger partial charge in [-0.25, -0.2) is 4.79 Å². The van der Waals surface area contributed by atoms with Crippen molar-refractivity contribution in [1.29, 1.82) is 0 Å². The summed E-state index contributed by atoms with van der Waals surface area (Å²) in [4.78, 5) is 13.5. The second kappa shape index (κ2) is 3.23. The van der Waals surface area contributed by atoms with Crippen LogP contribution in [0, 0.1) is 0 Å². The Morgan fingerprint density at radius 1 is 1.73 bits per heavy atom. The molecule has 0 saturated heterocycles. The summed E-state index contributed by atoms with van der Waals surface area (Å²) >= 11 is 0. The minimum Gasteiger partial charge on any atom is -0.313 e. The average molecular weight is 152 g/mol. The van der Waals surface area contributed by atoms with Gasteiger partial charge in [0.2, 0.25) is 0 Å². The highest BCUT2D eigenvalue weighted by molar-refractivity contribution is 4.94. The zero-order valence-electron chi connectivity index (χ0n) is 6.79. The Balaban J connectivity index is 2.73. The van der Waals surface area contributed by atoms with E-state index in [-0.39, 0.29) is 5.69 Å². The van der Waals surface area contributed by atoms with Gasteiger partial charge in [0.15, 0.2) is 0 Å². The quantitative estimate of drug-likeness (QED) is 0.634. The Bertz CT molecular complexity index is 302. The number of imidazole rings is 1. The maximum Gasteiger partial charge on any atom is 0.325 e. The van der Waals surface area contributed by atoms with Crippen LogP contribution in [0.1, 0.15) is 13.8 Å². The second-order valence-corrected chi connectivity index (χ2v) is 2.70. The fourth-order valence-electron chi connectivity index (χ4n) is 0.774. The van der Waals surface area contributed by atoms with Gasteiger partial charge in [-0.15, -0.1) is 0 Å². The zero-order chi connectivity index (χ0) is 8.27. The minimum atomic E-state index is -0.0532. The van der Waals surface area contributed by atoms with Gasteiger partial charge < -0.3 is 4.98 Å². The molecule has 1 aromatic rings. The lowest BCUT2D eigenvalue weighted by Gasteiger charge is -1.93. The Hall–Kier alpha value is -1.25. The van der Waals surface area contributed by atoms with Crippen LogP contribution in [0.5, 0.6) is 0 Å². The average Bonchev–Trinajstić information content (AvgIpc) is 2.31. The monoisotopic (exact) mass is 152 g/mol. The standard InChI is InChI=1S/C8H12N2O/c1-7(2)3-5-10-6-4-9-8(10)11/h3-4,6H,5H2,1-2H3,(H,9,11). The van der Waals surface area contributed by atoms with Gasteiger partial charge >= 0.3 is 5.69 Å². The van der Waals surface area contributed by atoms with Gasteiger partial charge in [-0.3, -0.25) is 4.57 Å². The summed E-state index contributed by atoms with van der Waals surface area (Å²) in [6, 6.07) is 0. The van der Waals surface area contributed by atoms with E-state index in [1.54, 1.807) is 17.0 Å². The lowest BCUT2D eigenvalue weighted by Crippen LogP contribution is -2.15. The summed E-state index contributed by atoms with van der Waals surface area (Å²) in [6.07, 6.45) is 5.39. The molecule has 0 radical (unpaired) electrons. The van der Waals surface area contributed by atoms with Crippen molar-refractivity contribution in [3.05, 3.63) is 34.5 Å². The molecule has 1 N–H and O–H groups in total. The van der Waals surface area contributed by atoms with Crippen LogP contribution in [0.3, 0.4) is 0 Å². The van der Waals surface area contributed by atoms with Gasteiger partial charge in [0, 0.05) is 18.9 Å². The fourth-order valence-corrected chi connectivity index (χ4v) is 0.774. The van der Waals surface area contributed by atoms with E-state index in [2.05, 4.69) is 4.98 Å². The molecule has 0 saturated carbocycles. The normalized spacial score (nSPS) is 9.64. The van der Waals surface area contributed by atoms with Gasteiger partial charge in [0.1, 0.15) is 0 Å². The predicted octanol–water partition coefficient (Wildman–Crippen LogP) is 1.14. The van der Waals surface area contributed by atoms with Crippen molar-refractivity contribution in [2.24, 2.45) is 0 Å². The van der Waals surface area contributed by atoms with E-state index in [0.717, 1.165) is 0 Å². The SMILES string of the molecule is CC(C)=CCn1cc[nH]c1=O. The van der Waals surface area contributed by atoms with Crippen molar-refractivity contribution in [2.45, 2.75) is 20.4 Å². The third kappa shape index (κ3) is 2.11. The first-order valence-electron chi connectivity index (χ1n) is 3.57. The number of nitrogens with zero attached hydrogens (tertiary/aromatic N) is 1. The van der Waals surface area contributed by atoms with E-state index in [4.69, 9.17) is 0 Å². The molecule has 11 heavy (non-hydrogen) atoms. The topological polar surface area (TPSA) is 37.8 Å². The number of hydrogen-bond donors (Lipinski definition) is 1. The summed E-state index contributed by atoms with van der Waals surface area (Å²) in [5.74, 6) is 0. The molecule has 3 nitrogen and oxygen atoms in total. The summed E-state index contributed by atoms with van der Waals surface area (Å²) in [6.45, 7) is 4.68. The number of allylic oxidation sites excluding steroid dienone is 2. The number of H-pyrrole nitrogens is 1. The van der Waals surface area contributed by atoms with Crippen LogP contribution in [-0.4, -0.2) is 9.55 Å². The molecule has 0 atom stereocenters. The molecule has 0 aliphatic heterocycles. The number of rotatable bonds is 2. The number of nitrogens with one attached hydrogen (secondary N) is 1. The molecule has 3 heteroatoms. The maximum atomic E-state index is 10.9. The molecule has 0 amide bonds. The summed E-state index contributed by atoms with van der Waals surface area (Å²) in [5.41, 5.74) is 1.17. The van der Waals surface area contributed by atoms with Gasteiger partial charge in [-0.05, 0) is 13.8 Å². The Morgan fingerprint density at radius 3 is 2.91 bits per heavy atom. The van der Waals surface area contributed by atoms with Gasteiger partial charge in [-0.2, -0.15) is 0 Å². The van der Waals surface area contributed by atoms with Crippen LogP contribution < -0.4 is 5.69 Å². The number of hydrogen-bond acceptors (Lipinski definition) is 1. The predicted molar refractivity (Wildman–Crippen MR) is 44.5 cm³/mol. The van der Waals surface area contributed by atoms with E-state index >= 15 is 0 Å². The first kappa shape index (κ1) is 7.85. The van der Waals surface area contributed by atoms with Gasteiger partial charge in [0.05, 0.1) is 0 Å². The molecule has 0 aromatic carbocycles. The Labute approximate surface area is 65.4 Å². The molecule has 0 spiro atoms. The zero-order valence-corrected chi connectivity index (χ0v) is 6.79.